The SMILES string of the molecule is COc1ccccc1NC(=O)c1c(NC(=O)CN2CCOCC2)sc2c1CC[C@H](C)C2. The van der Waals surface area contributed by atoms with Gasteiger partial charge in [0.25, 0.3) is 5.91 Å². The van der Waals surface area contributed by atoms with Crippen LogP contribution in [-0.2, 0) is 22.4 Å². The molecule has 0 spiro atoms. The van der Waals surface area contributed by atoms with Crippen LogP contribution in [0.1, 0.15) is 34.1 Å². The maximum Gasteiger partial charge on any atom is 0.259 e. The molecule has 1 fully saturated rings. The predicted octanol–water partition coefficient (Wildman–Crippen LogP) is 3.40. The fourth-order valence-corrected chi connectivity index (χ4v) is 5.56. The zero-order valence-corrected chi connectivity index (χ0v) is 18.8. The zero-order valence-electron chi connectivity index (χ0n) is 18.0. The number of ether oxygens (including phenoxy) is 2. The maximum atomic E-state index is 13.4. The number of hydrogen-bond donors (Lipinski definition) is 2. The molecule has 0 bridgehead atoms. The zero-order chi connectivity index (χ0) is 21.8. The van der Waals surface area contributed by atoms with E-state index >= 15 is 0 Å². The molecular formula is C23H29N3O4S. The molecule has 2 amide bonds. The van der Waals surface area contributed by atoms with E-state index in [1.165, 1.54) is 16.2 Å². The molecule has 31 heavy (non-hydrogen) atoms. The summed E-state index contributed by atoms with van der Waals surface area (Å²) in [7, 11) is 1.58. The van der Waals surface area contributed by atoms with Crippen LogP contribution in [0, 0.1) is 5.92 Å². The van der Waals surface area contributed by atoms with E-state index in [0.29, 0.717) is 47.7 Å². The van der Waals surface area contributed by atoms with Crippen LogP contribution in [0.3, 0.4) is 0 Å². The average molecular weight is 444 g/mol. The maximum absolute atomic E-state index is 13.4. The number of morpholine rings is 1. The molecule has 2 N–H and O–H groups in total. The number of carbonyl (C=O) groups is 2. The van der Waals surface area contributed by atoms with E-state index in [2.05, 4.69) is 22.5 Å². The predicted molar refractivity (Wildman–Crippen MR) is 122 cm³/mol. The molecule has 0 radical (unpaired) electrons. The summed E-state index contributed by atoms with van der Waals surface area (Å²) in [4.78, 5) is 29.4. The Morgan fingerprint density at radius 1 is 1.23 bits per heavy atom. The Kier molecular flexibility index (Phi) is 6.89. The number of benzene rings is 1. The van der Waals surface area contributed by atoms with Gasteiger partial charge in [-0.15, -0.1) is 11.3 Å². The van der Waals surface area contributed by atoms with Crippen molar-refractivity contribution in [1.29, 1.82) is 0 Å². The molecule has 1 aromatic heterocycles. The van der Waals surface area contributed by atoms with Crippen LogP contribution < -0.4 is 15.4 Å². The summed E-state index contributed by atoms with van der Waals surface area (Å²) in [6, 6.07) is 7.34. The van der Waals surface area contributed by atoms with Crippen LogP contribution in [0.2, 0.25) is 0 Å². The van der Waals surface area contributed by atoms with Crippen molar-refractivity contribution in [3.05, 3.63) is 40.3 Å². The third-order valence-electron chi connectivity index (χ3n) is 5.82. The van der Waals surface area contributed by atoms with E-state index in [4.69, 9.17) is 9.47 Å². The highest BCUT2D eigenvalue weighted by molar-refractivity contribution is 7.17. The highest BCUT2D eigenvalue weighted by Crippen LogP contribution is 2.40. The van der Waals surface area contributed by atoms with Crippen molar-refractivity contribution in [2.24, 2.45) is 5.92 Å². The van der Waals surface area contributed by atoms with Gasteiger partial charge in [0.2, 0.25) is 5.91 Å². The third kappa shape index (κ3) is 5.08. The quantitative estimate of drug-likeness (QED) is 0.715. The minimum Gasteiger partial charge on any atom is -0.495 e. The number of amides is 2. The Hall–Kier alpha value is -2.42. The number of nitrogens with one attached hydrogen (secondary N) is 2. The third-order valence-corrected chi connectivity index (χ3v) is 6.99. The van der Waals surface area contributed by atoms with Gasteiger partial charge >= 0.3 is 0 Å². The first kappa shape index (κ1) is 21.8. The van der Waals surface area contributed by atoms with E-state index in [1.807, 2.05) is 24.3 Å². The summed E-state index contributed by atoms with van der Waals surface area (Å²) in [5.74, 6) is 0.873. The second-order valence-corrected chi connectivity index (χ2v) is 9.25. The molecule has 2 aromatic rings. The lowest BCUT2D eigenvalue weighted by Crippen LogP contribution is -2.41. The van der Waals surface area contributed by atoms with Crippen molar-refractivity contribution in [1.82, 2.24) is 4.90 Å². The van der Waals surface area contributed by atoms with Crippen LogP contribution >= 0.6 is 11.3 Å². The Morgan fingerprint density at radius 3 is 2.77 bits per heavy atom. The van der Waals surface area contributed by atoms with E-state index < -0.39 is 0 Å². The van der Waals surface area contributed by atoms with Gasteiger partial charge in [-0.1, -0.05) is 19.1 Å². The summed E-state index contributed by atoms with van der Waals surface area (Å²) in [6.45, 7) is 5.31. The summed E-state index contributed by atoms with van der Waals surface area (Å²) in [5, 5.41) is 6.66. The first-order valence-electron chi connectivity index (χ1n) is 10.7. The van der Waals surface area contributed by atoms with E-state index in [1.54, 1.807) is 7.11 Å². The molecule has 1 aliphatic heterocycles. The largest absolute Gasteiger partial charge is 0.495 e. The second-order valence-electron chi connectivity index (χ2n) is 8.15. The lowest BCUT2D eigenvalue weighted by atomic mass is 9.88. The van der Waals surface area contributed by atoms with Gasteiger partial charge in [0.05, 0.1) is 38.1 Å². The number of methoxy groups -OCH3 is 1. The number of fused-ring (bicyclic) bond motifs is 1. The second kappa shape index (κ2) is 9.80. The number of anilines is 2. The minimum absolute atomic E-state index is 0.0973. The molecule has 1 aliphatic carbocycles. The lowest BCUT2D eigenvalue weighted by Gasteiger charge is -2.25. The minimum atomic E-state index is -0.210. The molecule has 1 atom stereocenters. The molecule has 0 saturated carbocycles. The molecular weight excluding hydrogens is 414 g/mol. The van der Waals surface area contributed by atoms with Crippen molar-refractivity contribution in [3.8, 4) is 5.75 Å². The summed E-state index contributed by atoms with van der Waals surface area (Å²) >= 11 is 1.54. The Labute approximate surface area is 186 Å². The number of nitrogens with zero attached hydrogens (tertiary/aromatic N) is 1. The number of thiophene rings is 1. The number of para-hydroxylation sites is 2. The van der Waals surface area contributed by atoms with Gasteiger partial charge in [-0.2, -0.15) is 0 Å². The van der Waals surface area contributed by atoms with Crippen molar-refractivity contribution < 1.29 is 19.1 Å². The highest BCUT2D eigenvalue weighted by atomic mass is 32.1. The van der Waals surface area contributed by atoms with Gasteiger partial charge in [0.15, 0.2) is 0 Å². The van der Waals surface area contributed by atoms with E-state index in [0.717, 1.165) is 37.9 Å². The molecule has 4 rings (SSSR count). The first-order chi connectivity index (χ1) is 15.0. The Morgan fingerprint density at radius 2 is 2.00 bits per heavy atom. The summed E-state index contributed by atoms with van der Waals surface area (Å²) in [6.07, 6.45) is 2.83. The Bertz CT molecular complexity index is 952. The molecule has 1 saturated heterocycles. The molecule has 2 heterocycles. The van der Waals surface area contributed by atoms with Crippen molar-refractivity contribution in [2.75, 3.05) is 50.6 Å². The van der Waals surface area contributed by atoms with Gasteiger partial charge in [-0.05, 0) is 42.9 Å². The van der Waals surface area contributed by atoms with Gasteiger partial charge in [-0.25, -0.2) is 0 Å². The number of rotatable bonds is 6. The van der Waals surface area contributed by atoms with Gasteiger partial charge in [0, 0.05) is 18.0 Å². The smallest absolute Gasteiger partial charge is 0.259 e. The topological polar surface area (TPSA) is 79.9 Å². The van der Waals surface area contributed by atoms with E-state index in [-0.39, 0.29) is 11.8 Å². The number of carbonyl (C=O) groups excluding carboxylic acids is 2. The van der Waals surface area contributed by atoms with Crippen LogP contribution in [0.4, 0.5) is 10.7 Å². The van der Waals surface area contributed by atoms with Crippen molar-refractivity contribution in [2.45, 2.75) is 26.2 Å². The van der Waals surface area contributed by atoms with Crippen molar-refractivity contribution >= 4 is 33.8 Å². The fourth-order valence-electron chi connectivity index (χ4n) is 4.14. The first-order valence-corrected chi connectivity index (χ1v) is 11.6. The van der Waals surface area contributed by atoms with E-state index in [9.17, 15) is 9.59 Å². The van der Waals surface area contributed by atoms with Gasteiger partial charge in [0.1, 0.15) is 10.8 Å². The summed E-state index contributed by atoms with van der Waals surface area (Å²) < 4.78 is 10.7. The molecule has 8 heteroatoms. The molecule has 7 nitrogen and oxygen atoms in total. The Balaban J connectivity index is 1.57. The fraction of sp³-hybridized carbons (Fsp3) is 0.478. The van der Waals surface area contributed by atoms with Gasteiger partial charge < -0.3 is 20.1 Å². The molecule has 2 aliphatic rings. The van der Waals surface area contributed by atoms with Crippen LogP contribution in [0.25, 0.3) is 0 Å². The molecule has 1 aromatic carbocycles. The van der Waals surface area contributed by atoms with Crippen LogP contribution in [-0.4, -0.2) is 56.7 Å². The molecule has 166 valence electrons. The average Bonchev–Trinajstić information content (AvgIpc) is 3.11. The summed E-state index contributed by atoms with van der Waals surface area (Å²) in [5.41, 5.74) is 2.27. The number of hydrogen-bond acceptors (Lipinski definition) is 6. The van der Waals surface area contributed by atoms with Crippen molar-refractivity contribution in [3.63, 3.8) is 0 Å². The monoisotopic (exact) mass is 443 g/mol. The highest BCUT2D eigenvalue weighted by Gasteiger charge is 2.29. The van der Waals surface area contributed by atoms with Crippen LogP contribution in [0.5, 0.6) is 5.75 Å². The van der Waals surface area contributed by atoms with Gasteiger partial charge in [-0.3, -0.25) is 14.5 Å². The molecule has 0 unspecified atom stereocenters. The normalized spacial score (nSPS) is 18.8. The van der Waals surface area contributed by atoms with Crippen LogP contribution in [0.15, 0.2) is 24.3 Å². The lowest BCUT2D eigenvalue weighted by molar-refractivity contribution is -0.118. The standard InChI is InChI=1S/C23H29N3O4S/c1-15-7-8-16-19(13-15)31-23(25-20(27)14-26-9-11-30-12-10-26)21(16)22(28)24-17-5-3-4-6-18(17)29-2/h3-6,15H,7-14H2,1-2H3,(H,24,28)(H,25,27)/t15-/m0/s1.